The van der Waals surface area contributed by atoms with Crippen molar-refractivity contribution in [2.75, 3.05) is 11.8 Å². The van der Waals surface area contributed by atoms with Gasteiger partial charge in [0.15, 0.2) is 0 Å². The molecule has 1 rings (SSSR count). The molecule has 7 heteroatoms. The molecule has 3 nitrogen and oxygen atoms in total. The first-order chi connectivity index (χ1) is 7.83. The van der Waals surface area contributed by atoms with Crippen molar-refractivity contribution in [3.8, 4) is 0 Å². The topological polar surface area (TPSA) is 46.2 Å². The highest BCUT2D eigenvalue weighted by molar-refractivity contribution is 9.10. The third-order valence-electron chi connectivity index (χ3n) is 2.09. The summed E-state index contributed by atoms with van der Waals surface area (Å²) in [6.07, 6.45) is 0. The molecule has 0 atom stereocenters. The molecule has 0 aliphatic heterocycles. The van der Waals surface area contributed by atoms with Crippen LogP contribution in [0.25, 0.3) is 0 Å². The van der Waals surface area contributed by atoms with E-state index in [9.17, 15) is 8.42 Å². The molecule has 0 fully saturated rings. The van der Waals surface area contributed by atoms with Gasteiger partial charge in [0.2, 0.25) is 10.0 Å². The number of hydrogen-bond acceptors (Lipinski definition) is 2. The Bertz CT molecular complexity index is 472. The Balaban J connectivity index is 3.00. The molecule has 1 aromatic carbocycles. The van der Waals surface area contributed by atoms with E-state index in [1.54, 1.807) is 19.1 Å². The molecule has 0 aliphatic rings. The van der Waals surface area contributed by atoms with Gasteiger partial charge < -0.3 is 0 Å². The lowest BCUT2D eigenvalue weighted by Crippen LogP contribution is -2.49. The third kappa shape index (κ3) is 4.10. The van der Waals surface area contributed by atoms with E-state index in [0.717, 1.165) is 4.47 Å². The fourth-order valence-electron chi connectivity index (χ4n) is 1.09. The van der Waals surface area contributed by atoms with Gasteiger partial charge in [0, 0.05) is 16.2 Å². The molecule has 17 heavy (non-hydrogen) atoms. The summed E-state index contributed by atoms with van der Waals surface area (Å²) in [6.45, 7) is 1.66. The maximum atomic E-state index is 12.0. The summed E-state index contributed by atoms with van der Waals surface area (Å²) < 4.78 is 27.4. The SMILES string of the molecule is CC(CCl)(CCl)NS(=O)(=O)c1ccc(Br)cc1. The summed E-state index contributed by atoms with van der Waals surface area (Å²) in [6, 6.07) is 6.34. The molecule has 0 saturated heterocycles. The average molecular weight is 361 g/mol. The zero-order chi connectivity index (χ0) is 13.1. The van der Waals surface area contributed by atoms with Crippen LogP contribution in [0.15, 0.2) is 33.6 Å². The van der Waals surface area contributed by atoms with Crippen molar-refractivity contribution >= 4 is 49.2 Å². The lowest BCUT2D eigenvalue weighted by Gasteiger charge is -2.25. The lowest BCUT2D eigenvalue weighted by molar-refractivity contribution is 0.500. The molecule has 0 saturated carbocycles. The summed E-state index contributed by atoms with van der Waals surface area (Å²) in [5.74, 6) is 0.207. The Labute approximate surface area is 120 Å². The van der Waals surface area contributed by atoms with Gasteiger partial charge in [-0.25, -0.2) is 13.1 Å². The minimum Gasteiger partial charge on any atom is -0.207 e. The normalized spacial score (nSPS) is 12.7. The van der Waals surface area contributed by atoms with Gasteiger partial charge in [-0.3, -0.25) is 0 Å². The van der Waals surface area contributed by atoms with Crippen LogP contribution < -0.4 is 4.72 Å². The molecule has 0 unspecified atom stereocenters. The van der Waals surface area contributed by atoms with Crippen LogP contribution in [0.5, 0.6) is 0 Å². The monoisotopic (exact) mass is 359 g/mol. The second kappa shape index (κ2) is 5.89. The molecular weight excluding hydrogens is 349 g/mol. The van der Waals surface area contributed by atoms with E-state index in [4.69, 9.17) is 23.2 Å². The predicted octanol–water partition coefficient (Wildman–Crippen LogP) is 2.96. The number of alkyl halides is 2. The van der Waals surface area contributed by atoms with Gasteiger partial charge in [0.25, 0.3) is 0 Å². The Morgan fingerprint density at radius 1 is 1.24 bits per heavy atom. The van der Waals surface area contributed by atoms with Crippen molar-refractivity contribution < 1.29 is 8.42 Å². The Morgan fingerprint density at radius 3 is 2.12 bits per heavy atom. The first kappa shape index (κ1) is 15.2. The Kier molecular flexibility index (Phi) is 5.28. The van der Waals surface area contributed by atoms with Crippen LogP contribution in [0.2, 0.25) is 0 Å². The highest BCUT2D eigenvalue weighted by Crippen LogP contribution is 2.18. The van der Waals surface area contributed by atoms with Crippen LogP contribution in [0.4, 0.5) is 0 Å². The largest absolute Gasteiger partial charge is 0.241 e. The zero-order valence-corrected chi connectivity index (χ0v) is 13.0. The zero-order valence-electron chi connectivity index (χ0n) is 9.08. The van der Waals surface area contributed by atoms with Crippen LogP contribution in [-0.4, -0.2) is 25.7 Å². The average Bonchev–Trinajstić information content (AvgIpc) is 2.29. The van der Waals surface area contributed by atoms with E-state index in [2.05, 4.69) is 20.7 Å². The quantitative estimate of drug-likeness (QED) is 0.820. The summed E-state index contributed by atoms with van der Waals surface area (Å²) in [7, 11) is -3.60. The standard InChI is InChI=1S/C10H12BrCl2NO2S/c1-10(6-12,7-13)14-17(15,16)9-4-2-8(11)3-5-9/h2-5,14H,6-7H2,1H3. The first-order valence-corrected chi connectivity index (χ1v) is 8.09. The van der Waals surface area contributed by atoms with Crippen molar-refractivity contribution in [3.05, 3.63) is 28.7 Å². The lowest BCUT2D eigenvalue weighted by atomic mass is 10.1. The molecule has 1 aromatic rings. The van der Waals surface area contributed by atoms with Crippen LogP contribution >= 0.6 is 39.1 Å². The molecule has 0 amide bonds. The molecule has 0 aliphatic carbocycles. The van der Waals surface area contributed by atoms with Crippen molar-refractivity contribution in [2.45, 2.75) is 17.4 Å². The van der Waals surface area contributed by atoms with Gasteiger partial charge in [-0.05, 0) is 31.2 Å². The Hall–Kier alpha value is 0.190. The molecule has 0 spiro atoms. The Morgan fingerprint density at radius 2 is 1.71 bits per heavy atom. The molecule has 1 N–H and O–H groups in total. The fraction of sp³-hybridized carbons (Fsp3) is 0.400. The molecular formula is C10H12BrCl2NO2S. The van der Waals surface area contributed by atoms with Crippen molar-refractivity contribution in [3.63, 3.8) is 0 Å². The smallest absolute Gasteiger partial charge is 0.207 e. The maximum Gasteiger partial charge on any atom is 0.241 e. The van der Waals surface area contributed by atoms with E-state index in [0.29, 0.717) is 0 Å². The van der Waals surface area contributed by atoms with Crippen LogP contribution in [0, 0.1) is 0 Å². The van der Waals surface area contributed by atoms with E-state index in [1.807, 2.05) is 0 Å². The first-order valence-electron chi connectivity index (χ1n) is 4.74. The minimum absolute atomic E-state index is 0.103. The van der Waals surface area contributed by atoms with Gasteiger partial charge in [-0.15, -0.1) is 23.2 Å². The van der Waals surface area contributed by atoms with Crippen LogP contribution in [0.3, 0.4) is 0 Å². The van der Waals surface area contributed by atoms with E-state index >= 15 is 0 Å². The van der Waals surface area contributed by atoms with Gasteiger partial charge >= 0.3 is 0 Å². The summed E-state index contributed by atoms with van der Waals surface area (Å²) in [5, 5.41) is 0. The van der Waals surface area contributed by atoms with Crippen LogP contribution in [-0.2, 0) is 10.0 Å². The number of halogens is 3. The number of rotatable bonds is 5. The van der Waals surface area contributed by atoms with Gasteiger partial charge in [-0.1, -0.05) is 15.9 Å². The molecule has 0 heterocycles. The molecule has 0 radical (unpaired) electrons. The van der Waals surface area contributed by atoms with E-state index in [-0.39, 0.29) is 16.7 Å². The summed E-state index contributed by atoms with van der Waals surface area (Å²) in [4.78, 5) is 0.183. The van der Waals surface area contributed by atoms with Crippen molar-refractivity contribution in [1.29, 1.82) is 0 Å². The van der Waals surface area contributed by atoms with Gasteiger partial charge in [-0.2, -0.15) is 0 Å². The van der Waals surface area contributed by atoms with E-state index in [1.165, 1.54) is 12.1 Å². The van der Waals surface area contributed by atoms with Crippen LogP contribution in [0.1, 0.15) is 6.92 Å². The summed E-state index contributed by atoms with van der Waals surface area (Å²) >= 11 is 14.7. The second-order valence-electron chi connectivity index (χ2n) is 3.89. The number of benzene rings is 1. The van der Waals surface area contributed by atoms with Gasteiger partial charge in [0.05, 0.1) is 10.4 Å². The maximum absolute atomic E-state index is 12.0. The van der Waals surface area contributed by atoms with Gasteiger partial charge in [0.1, 0.15) is 0 Å². The predicted molar refractivity (Wildman–Crippen MR) is 74.3 cm³/mol. The molecule has 0 aromatic heterocycles. The van der Waals surface area contributed by atoms with E-state index < -0.39 is 15.6 Å². The molecule has 96 valence electrons. The van der Waals surface area contributed by atoms with Crippen molar-refractivity contribution in [1.82, 2.24) is 4.72 Å². The number of sulfonamides is 1. The molecule has 0 bridgehead atoms. The third-order valence-corrected chi connectivity index (χ3v) is 5.46. The highest BCUT2D eigenvalue weighted by Gasteiger charge is 2.29. The van der Waals surface area contributed by atoms with Crippen molar-refractivity contribution in [2.24, 2.45) is 0 Å². The number of hydrogen-bond donors (Lipinski definition) is 1. The highest BCUT2D eigenvalue weighted by atomic mass is 79.9. The second-order valence-corrected chi connectivity index (χ2v) is 7.02. The summed E-state index contributed by atoms with van der Waals surface area (Å²) in [5.41, 5.74) is -0.852. The fourth-order valence-corrected chi connectivity index (χ4v) is 3.33. The number of nitrogens with one attached hydrogen (secondary N) is 1. The minimum atomic E-state index is -3.60.